The number of hydrogen-bond donors (Lipinski definition) is 2. The van der Waals surface area contributed by atoms with Gasteiger partial charge in [0.15, 0.2) is 15.5 Å². The molecule has 2 aliphatic rings. The fourth-order valence-electron chi connectivity index (χ4n) is 6.66. The molecule has 11 nitrogen and oxygen atoms in total. The van der Waals surface area contributed by atoms with Gasteiger partial charge in [-0.05, 0) is 38.7 Å². The minimum atomic E-state index is -3.74. The van der Waals surface area contributed by atoms with Crippen LogP contribution in [0.3, 0.4) is 0 Å². The third kappa shape index (κ3) is 4.25. The standard InChI is InChI=1S/C30H30N8O3S/c1-17-23(15-33-36-17)30(39)37-21-9-10-22(37)13-20(12-21)26-27(42(2,40)41)28(31)38-29(35-26)24(16-34-38)19-8-11-25(32-14-19)18-6-4-3-5-7-18/h3-8,11,14-16,20-22H,9-10,12-13,31H2,1-2H3,(H,33,36)/t20-,21+,22-. The Morgan fingerprint density at radius 1 is 1.02 bits per heavy atom. The van der Waals surface area contributed by atoms with Gasteiger partial charge in [0.1, 0.15) is 10.7 Å². The number of nitrogens with two attached hydrogens (primary N) is 1. The van der Waals surface area contributed by atoms with Gasteiger partial charge in [0.05, 0.1) is 28.8 Å². The number of sulfone groups is 1. The second kappa shape index (κ2) is 9.76. The lowest BCUT2D eigenvalue weighted by Gasteiger charge is -2.39. The summed E-state index contributed by atoms with van der Waals surface area (Å²) in [6, 6.07) is 13.7. The summed E-state index contributed by atoms with van der Waals surface area (Å²) in [6.07, 6.45) is 9.11. The molecule has 7 rings (SSSR count). The third-order valence-electron chi connectivity index (χ3n) is 8.59. The Balaban J connectivity index is 1.28. The number of carbonyl (C=O) groups excluding carboxylic acids is 1. The number of rotatable bonds is 5. The van der Waals surface area contributed by atoms with Crippen LogP contribution in [0.1, 0.15) is 53.3 Å². The summed E-state index contributed by atoms with van der Waals surface area (Å²) in [6.45, 7) is 1.81. The lowest BCUT2D eigenvalue weighted by molar-refractivity contribution is 0.0567. The smallest absolute Gasteiger partial charge is 0.257 e. The Labute approximate surface area is 242 Å². The molecule has 4 aromatic heterocycles. The predicted molar refractivity (Wildman–Crippen MR) is 157 cm³/mol. The zero-order valence-corrected chi connectivity index (χ0v) is 24.0. The first-order valence-electron chi connectivity index (χ1n) is 13.9. The van der Waals surface area contributed by atoms with Gasteiger partial charge in [-0.15, -0.1) is 0 Å². The molecule has 2 aliphatic heterocycles. The van der Waals surface area contributed by atoms with E-state index in [1.54, 1.807) is 18.6 Å². The van der Waals surface area contributed by atoms with Gasteiger partial charge in [0.2, 0.25) is 0 Å². The maximum atomic E-state index is 13.4. The van der Waals surface area contributed by atoms with Gasteiger partial charge in [0, 0.05) is 53.3 Å². The molecule has 3 atom stereocenters. The van der Waals surface area contributed by atoms with Crippen LogP contribution in [0.2, 0.25) is 0 Å². The number of benzene rings is 1. The van der Waals surface area contributed by atoms with Crippen LogP contribution in [0, 0.1) is 6.92 Å². The summed E-state index contributed by atoms with van der Waals surface area (Å²) >= 11 is 0. The number of anilines is 1. The Morgan fingerprint density at radius 3 is 2.38 bits per heavy atom. The highest BCUT2D eigenvalue weighted by Gasteiger charge is 2.46. The van der Waals surface area contributed by atoms with Crippen LogP contribution in [0.4, 0.5) is 5.82 Å². The number of carbonyl (C=O) groups is 1. The van der Waals surface area contributed by atoms with Crippen molar-refractivity contribution in [2.45, 2.75) is 55.5 Å². The van der Waals surface area contributed by atoms with Crippen LogP contribution in [0.25, 0.3) is 28.0 Å². The number of aromatic nitrogens is 6. The van der Waals surface area contributed by atoms with Crippen molar-refractivity contribution in [3.05, 3.63) is 78.0 Å². The minimum Gasteiger partial charge on any atom is -0.382 e. The lowest BCUT2D eigenvalue weighted by Crippen LogP contribution is -2.46. The average Bonchev–Trinajstić information content (AvgIpc) is 3.68. The molecule has 2 fully saturated rings. The first-order valence-corrected chi connectivity index (χ1v) is 15.8. The van der Waals surface area contributed by atoms with E-state index in [9.17, 15) is 13.2 Å². The van der Waals surface area contributed by atoms with Crippen molar-refractivity contribution >= 4 is 27.2 Å². The summed E-state index contributed by atoms with van der Waals surface area (Å²) in [5, 5.41) is 11.3. The zero-order chi connectivity index (χ0) is 29.2. The van der Waals surface area contributed by atoms with E-state index < -0.39 is 9.84 Å². The summed E-state index contributed by atoms with van der Waals surface area (Å²) in [5.74, 6) is -0.184. The number of nitrogen functional groups attached to an aromatic ring is 1. The fourth-order valence-corrected chi connectivity index (χ4v) is 7.72. The van der Waals surface area contributed by atoms with Gasteiger partial charge in [-0.2, -0.15) is 14.7 Å². The van der Waals surface area contributed by atoms with E-state index in [0.717, 1.165) is 35.9 Å². The highest BCUT2D eigenvalue weighted by Crippen LogP contribution is 2.46. The molecule has 214 valence electrons. The molecule has 0 unspecified atom stereocenters. The van der Waals surface area contributed by atoms with Crippen LogP contribution in [-0.2, 0) is 9.84 Å². The molecule has 42 heavy (non-hydrogen) atoms. The molecule has 6 heterocycles. The van der Waals surface area contributed by atoms with Crippen molar-refractivity contribution in [1.29, 1.82) is 0 Å². The Hall–Kier alpha value is -4.58. The summed E-state index contributed by atoms with van der Waals surface area (Å²) in [7, 11) is -3.74. The molecule has 12 heteroatoms. The number of hydrogen-bond acceptors (Lipinski definition) is 8. The van der Waals surface area contributed by atoms with Crippen molar-refractivity contribution in [1.82, 2.24) is 34.7 Å². The molecular weight excluding hydrogens is 552 g/mol. The SMILES string of the molecule is Cc1n[nH]cc1C(=O)N1[C@@H]2CC[C@H]1C[C@@H](c1nc3c(-c4ccc(-c5ccccc5)nc4)cnn3c(N)c1S(C)(=O)=O)C2. The normalized spacial score (nSPS) is 20.3. The number of nitrogens with zero attached hydrogens (tertiary/aromatic N) is 6. The average molecular weight is 583 g/mol. The van der Waals surface area contributed by atoms with Crippen molar-refractivity contribution < 1.29 is 13.2 Å². The zero-order valence-electron chi connectivity index (χ0n) is 23.2. The number of piperidine rings is 1. The summed E-state index contributed by atoms with van der Waals surface area (Å²) < 4.78 is 27.6. The molecule has 0 radical (unpaired) electrons. The minimum absolute atomic E-state index is 0.0112. The van der Waals surface area contributed by atoms with Crippen molar-refractivity contribution in [2.24, 2.45) is 0 Å². The van der Waals surface area contributed by atoms with Gasteiger partial charge < -0.3 is 10.6 Å². The number of nitrogens with one attached hydrogen (secondary N) is 1. The molecule has 0 spiro atoms. The second-order valence-electron chi connectivity index (χ2n) is 11.2. The first-order chi connectivity index (χ1) is 20.2. The van der Waals surface area contributed by atoms with Gasteiger partial charge in [-0.3, -0.25) is 14.9 Å². The topological polar surface area (TPSA) is 152 Å². The number of amides is 1. The van der Waals surface area contributed by atoms with E-state index >= 15 is 0 Å². The second-order valence-corrected chi connectivity index (χ2v) is 13.2. The van der Waals surface area contributed by atoms with E-state index in [-0.39, 0.29) is 34.6 Å². The highest BCUT2D eigenvalue weighted by molar-refractivity contribution is 7.91. The Bertz CT molecular complexity index is 1920. The van der Waals surface area contributed by atoms with E-state index in [4.69, 9.17) is 10.7 Å². The number of H-pyrrole nitrogens is 1. The van der Waals surface area contributed by atoms with Gasteiger partial charge in [-0.1, -0.05) is 36.4 Å². The van der Waals surface area contributed by atoms with Gasteiger partial charge in [0.25, 0.3) is 5.91 Å². The van der Waals surface area contributed by atoms with Gasteiger partial charge in [-0.25, -0.2) is 13.4 Å². The molecule has 2 saturated heterocycles. The Kier molecular flexibility index (Phi) is 6.12. The maximum Gasteiger partial charge on any atom is 0.257 e. The van der Waals surface area contributed by atoms with Crippen LogP contribution < -0.4 is 5.73 Å². The molecular formula is C30H30N8O3S. The van der Waals surface area contributed by atoms with Crippen LogP contribution in [-0.4, -0.2) is 67.3 Å². The number of aryl methyl sites for hydroxylation is 1. The van der Waals surface area contributed by atoms with Crippen molar-refractivity contribution in [3.63, 3.8) is 0 Å². The monoisotopic (exact) mass is 582 g/mol. The molecule has 1 aromatic carbocycles. The third-order valence-corrected chi connectivity index (χ3v) is 9.75. The largest absolute Gasteiger partial charge is 0.382 e. The highest BCUT2D eigenvalue weighted by atomic mass is 32.2. The van der Waals surface area contributed by atoms with Crippen LogP contribution >= 0.6 is 0 Å². The van der Waals surface area contributed by atoms with Gasteiger partial charge >= 0.3 is 0 Å². The number of pyridine rings is 1. The van der Waals surface area contributed by atoms with E-state index in [1.807, 2.05) is 54.3 Å². The number of aromatic amines is 1. The van der Waals surface area contributed by atoms with E-state index in [2.05, 4.69) is 20.3 Å². The predicted octanol–water partition coefficient (Wildman–Crippen LogP) is 4.03. The molecule has 0 aliphatic carbocycles. The maximum absolute atomic E-state index is 13.4. The van der Waals surface area contributed by atoms with E-state index in [1.165, 1.54) is 4.52 Å². The van der Waals surface area contributed by atoms with Crippen molar-refractivity contribution in [2.75, 3.05) is 12.0 Å². The molecule has 5 aromatic rings. The molecule has 3 N–H and O–H groups in total. The summed E-state index contributed by atoms with van der Waals surface area (Å²) in [5.41, 5.74) is 12.0. The Morgan fingerprint density at radius 2 is 1.76 bits per heavy atom. The lowest BCUT2D eigenvalue weighted by atomic mass is 9.87. The molecule has 1 amide bonds. The molecule has 2 bridgehead atoms. The van der Waals surface area contributed by atoms with Crippen LogP contribution in [0.5, 0.6) is 0 Å². The quantitative estimate of drug-likeness (QED) is 0.315. The summed E-state index contributed by atoms with van der Waals surface area (Å²) in [4.78, 5) is 25.0. The fraction of sp³-hybridized carbons (Fsp3) is 0.300. The van der Waals surface area contributed by atoms with E-state index in [0.29, 0.717) is 41.0 Å². The number of fused-ring (bicyclic) bond motifs is 3. The molecule has 0 saturated carbocycles. The van der Waals surface area contributed by atoms with Crippen LogP contribution in [0.15, 0.2) is 66.0 Å². The first kappa shape index (κ1) is 26.3. The van der Waals surface area contributed by atoms with Crippen molar-refractivity contribution in [3.8, 4) is 22.4 Å².